The highest BCUT2D eigenvalue weighted by molar-refractivity contribution is 7.07. The van der Waals surface area contributed by atoms with Crippen LogP contribution in [0.3, 0.4) is 0 Å². The van der Waals surface area contributed by atoms with Crippen LogP contribution in [0.4, 0.5) is 0 Å². The summed E-state index contributed by atoms with van der Waals surface area (Å²) in [6.07, 6.45) is 4.81. The fraction of sp³-hybridized carbons (Fsp3) is 0.500. The van der Waals surface area contributed by atoms with Gasteiger partial charge in [-0.2, -0.15) is 0 Å². The molecule has 0 amide bonds. The van der Waals surface area contributed by atoms with E-state index in [9.17, 15) is 9.59 Å². The third kappa shape index (κ3) is 5.95. The minimum Gasteiger partial charge on any atom is -0.303 e. The van der Waals surface area contributed by atoms with Crippen molar-refractivity contribution in [1.82, 2.24) is 9.13 Å². The summed E-state index contributed by atoms with van der Waals surface area (Å²) >= 11 is 2.93. The Morgan fingerprint density at radius 2 is 1.54 bits per heavy atom. The second-order valence-corrected chi connectivity index (χ2v) is 9.25. The number of thiazole rings is 2. The molecule has 0 atom stereocenters. The van der Waals surface area contributed by atoms with E-state index in [1.807, 2.05) is 19.1 Å². The van der Waals surface area contributed by atoms with Crippen LogP contribution in [-0.2, 0) is 13.6 Å². The molecule has 144 valence electrons. The van der Waals surface area contributed by atoms with E-state index in [2.05, 4.69) is 40.9 Å². The molecule has 6 heteroatoms. The smallest absolute Gasteiger partial charge is 0.268 e. The molecule has 0 unspecified atom stereocenters. The minimum absolute atomic E-state index is 0.0793. The normalized spacial score (nSPS) is 12.8. The van der Waals surface area contributed by atoms with Gasteiger partial charge < -0.3 is 4.57 Å². The van der Waals surface area contributed by atoms with E-state index >= 15 is 0 Å². The maximum Gasteiger partial charge on any atom is 0.268 e. The van der Waals surface area contributed by atoms with Gasteiger partial charge in [-0.15, -0.1) is 22.7 Å². The molecule has 0 aliphatic heterocycles. The average Bonchev–Trinajstić information content (AvgIpc) is 2.97. The van der Waals surface area contributed by atoms with Crippen LogP contribution in [0.1, 0.15) is 41.0 Å². The van der Waals surface area contributed by atoms with Gasteiger partial charge in [-0.25, -0.2) is 0 Å². The van der Waals surface area contributed by atoms with E-state index in [4.69, 9.17) is 0 Å². The summed E-state index contributed by atoms with van der Waals surface area (Å²) in [5.74, 6) is 1.08. The number of hydrogen-bond acceptors (Lipinski definition) is 4. The van der Waals surface area contributed by atoms with E-state index in [-0.39, 0.29) is 11.1 Å². The highest BCUT2D eigenvalue weighted by Crippen LogP contribution is 1.98. The summed E-state index contributed by atoms with van der Waals surface area (Å²) in [6.45, 7) is 18.8. The summed E-state index contributed by atoms with van der Waals surface area (Å²) in [5.41, 5.74) is 0.182. The Hall–Kier alpha value is -1.66. The van der Waals surface area contributed by atoms with E-state index in [0.717, 1.165) is 31.4 Å². The summed E-state index contributed by atoms with van der Waals surface area (Å²) in [5, 5.41) is 0. The number of rotatable bonds is 4. The van der Waals surface area contributed by atoms with Gasteiger partial charge in [0.05, 0.1) is 18.4 Å². The van der Waals surface area contributed by atoms with E-state index < -0.39 is 0 Å². The third-order valence-corrected chi connectivity index (χ3v) is 5.84. The van der Waals surface area contributed by atoms with Crippen molar-refractivity contribution in [3.63, 3.8) is 0 Å². The number of hydrogen-bond donors (Lipinski definition) is 0. The highest BCUT2D eigenvalue weighted by atomic mass is 32.1. The monoisotopic (exact) mass is 394 g/mol. The predicted octanol–water partition coefficient (Wildman–Crippen LogP) is 1.46. The molecular weight excluding hydrogens is 364 g/mol. The van der Waals surface area contributed by atoms with Gasteiger partial charge in [0.15, 0.2) is 0 Å². The van der Waals surface area contributed by atoms with Crippen LogP contribution in [0.25, 0.3) is 25.3 Å². The molecule has 0 saturated carbocycles. The lowest BCUT2D eigenvalue weighted by molar-refractivity contribution is 0.509. The van der Waals surface area contributed by atoms with Gasteiger partial charge in [-0.05, 0) is 25.2 Å². The molecule has 26 heavy (non-hydrogen) atoms. The van der Waals surface area contributed by atoms with Crippen LogP contribution < -0.4 is 29.5 Å². The summed E-state index contributed by atoms with van der Waals surface area (Å²) in [6, 6.07) is 0. The lowest BCUT2D eigenvalue weighted by atomic mass is 10.1. The molecule has 2 aromatic rings. The minimum atomic E-state index is 0.0793. The van der Waals surface area contributed by atoms with E-state index in [1.165, 1.54) is 22.7 Å². The van der Waals surface area contributed by atoms with Gasteiger partial charge in [0, 0.05) is 13.6 Å². The first kappa shape index (κ1) is 22.4. The first-order chi connectivity index (χ1) is 12.1. The van der Waals surface area contributed by atoms with Crippen LogP contribution in [0.5, 0.6) is 0 Å². The Morgan fingerprint density at radius 3 is 1.92 bits per heavy atom. The molecule has 0 aromatic carbocycles. The van der Waals surface area contributed by atoms with Gasteiger partial charge >= 0.3 is 0 Å². The van der Waals surface area contributed by atoms with Gasteiger partial charge in [0.2, 0.25) is 0 Å². The number of aromatic nitrogens is 2. The second-order valence-electron chi connectivity index (χ2n) is 7.02. The molecule has 2 aromatic heterocycles. The fourth-order valence-corrected chi connectivity index (χ4v) is 3.91. The summed E-state index contributed by atoms with van der Waals surface area (Å²) < 4.78 is 6.64. The fourth-order valence-electron chi connectivity index (χ4n) is 2.19. The first-order valence-corrected chi connectivity index (χ1v) is 10.4. The number of nitrogens with zero attached hydrogens (tertiary/aromatic N) is 2. The van der Waals surface area contributed by atoms with Crippen molar-refractivity contribution in [2.24, 2.45) is 18.9 Å². The molecule has 0 saturated heterocycles. The van der Waals surface area contributed by atoms with Gasteiger partial charge in [0.1, 0.15) is 0 Å². The largest absolute Gasteiger partial charge is 0.303 e. The highest BCUT2D eigenvalue weighted by Gasteiger charge is 2.03. The molecule has 0 aliphatic rings. The molecule has 0 N–H and O–H groups in total. The quantitative estimate of drug-likeness (QED) is 0.788. The maximum absolute atomic E-state index is 11.7. The lowest BCUT2D eigenvalue weighted by Gasteiger charge is -2.03. The van der Waals surface area contributed by atoms with E-state index in [0.29, 0.717) is 11.8 Å². The van der Waals surface area contributed by atoms with Crippen LogP contribution in [-0.4, -0.2) is 9.13 Å². The van der Waals surface area contributed by atoms with E-state index in [1.54, 1.807) is 16.2 Å². The van der Waals surface area contributed by atoms with Gasteiger partial charge in [-0.3, -0.25) is 14.2 Å². The van der Waals surface area contributed by atoms with Crippen LogP contribution in [0.15, 0.2) is 9.59 Å². The van der Waals surface area contributed by atoms with Crippen molar-refractivity contribution in [2.45, 2.75) is 47.6 Å². The van der Waals surface area contributed by atoms with Crippen molar-refractivity contribution in [1.29, 1.82) is 0 Å². The van der Waals surface area contributed by atoms with Crippen LogP contribution in [0, 0.1) is 11.8 Å². The molecule has 0 fully saturated rings. The summed E-state index contributed by atoms with van der Waals surface area (Å²) in [4.78, 5) is 23.2. The molecule has 2 rings (SSSR count). The van der Waals surface area contributed by atoms with Gasteiger partial charge in [-0.1, -0.05) is 53.0 Å². The Labute approximate surface area is 162 Å². The molecule has 0 aliphatic carbocycles. The Morgan fingerprint density at radius 1 is 0.962 bits per heavy atom. The Balaban J connectivity index is 0.000000260. The van der Waals surface area contributed by atoms with Crippen molar-refractivity contribution in [3.8, 4) is 0 Å². The molecule has 4 nitrogen and oxygen atoms in total. The van der Waals surface area contributed by atoms with Gasteiger partial charge in [0.25, 0.3) is 11.1 Å². The van der Waals surface area contributed by atoms with Crippen molar-refractivity contribution in [3.05, 3.63) is 39.1 Å². The molecule has 0 bridgehead atoms. The average molecular weight is 395 g/mol. The topological polar surface area (TPSA) is 44.0 Å². The zero-order valence-corrected chi connectivity index (χ0v) is 18.3. The maximum atomic E-state index is 11.7. The zero-order chi connectivity index (χ0) is 20.0. The standard InChI is InChI=1S/2C10H15NOS/c1-7(2)5-6-9-10(12)11(4)8(3)13-9;1-5-9-10(12)11(6-7(2)3)8(4)13-9/h6-7H,3,5H2,1-2,4H3;5,7H,4,6H2,1-3H3/b9-6-;9-5-. The van der Waals surface area contributed by atoms with Crippen LogP contribution in [0.2, 0.25) is 0 Å². The zero-order valence-electron chi connectivity index (χ0n) is 16.7. The summed E-state index contributed by atoms with van der Waals surface area (Å²) in [7, 11) is 1.76. The molecule has 0 spiro atoms. The molecule has 0 radical (unpaired) electrons. The molecule has 2 heterocycles. The Kier molecular flexibility index (Phi) is 8.50. The first-order valence-electron chi connectivity index (χ1n) is 8.78. The third-order valence-electron chi connectivity index (χ3n) is 3.69. The van der Waals surface area contributed by atoms with Crippen molar-refractivity contribution < 1.29 is 0 Å². The second kappa shape index (κ2) is 9.88. The molecular formula is C20H30N2O2S2. The van der Waals surface area contributed by atoms with Crippen molar-refractivity contribution in [2.75, 3.05) is 0 Å². The van der Waals surface area contributed by atoms with Crippen molar-refractivity contribution >= 4 is 48.0 Å². The Bertz CT molecular complexity index is 1050. The predicted molar refractivity (Wildman–Crippen MR) is 117 cm³/mol. The van der Waals surface area contributed by atoms with Crippen LogP contribution >= 0.6 is 22.7 Å². The SMILES string of the molecule is C=c1s/c(=C\C)c(=O)n1CC(C)C.C=c1s/c(=C\CC(C)C)c(=O)n1C. The lowest BCUT2D eigenvalue weighted by Crippen LogP contribution is -2.32.